The van der Waals surface area contributed by atoms with Crippen LogP contribution in [0.3, 0.4) is 0 Å². The van der Waals surface area contributed by atoms with Crippen molar-refractivity contribution in [1.29, 1.82) is 0 Å². The lowest BCUT2D eigenvalue weighted by Gasteiger charge is -2.40. The molecule has 2 aromatic carbocycles. The number of amides is 1. The Labute approximate surface area is 226 Å². The maximum Gasteiger partial charge on any atom is 0.352 e. The Hall–Kier alpha value is -5.11. The molecule has 3 aliphatic heterocycles. The van der Waals surface area contributed by atoms with E-state index in [1.807, 2.05) is 0 Å². The second-order valence-electron chi connectivity index (χ2n) is 9.01. The lowest BCUT2D eigenvalue weighted by Crippen LogP contribution is -2.53. The van der Waals surface area contributed by atoms with Gasteiger partial charge in [0.15, 0.2) is 17.7 Å². The number of carbonyl (C=O) groups excluding carboxylic acids is 1. The maximum absolute atomic E-state index is 15.5. The van der Waals surface area contributed by atoms with Crippen LogP contribution in [0, 0.1) is 0 Å². The molecule has 0 spiro atoms. The maximum atomic E-state index is 15.5. The van der Waals surface area contributed by atoms with Crippen LogP contribution in [0.1, 0.15) is 29.7 Å². The second kappa shape index (κ2) is 10.6. The number of aliphatic carboxylic acids is 2. The quantitative estimate of drug-likeness (QED) is 0.275. The number of hydrogen-bond acceptors (Lipinski definition) is 10. The van der Waals surface area contributed by atoms with Crippen molar-refractivity contribution < 1.29 is 38.5 Å². The molecule has 3 unspecified atom stereocenters. The van der Waals surface area contributed by atoms with Gasteiger partial charge in [-0.05, 0) is 24.3 Å². The lowest BCUT2D eigenvalue weighted by molar-refractivity contribution is -0.135. The highest BCUT2D eigenvalue weighted by Gasteiger charge is 2.41. The lowest BCUT2D eigenvalue weighted by atomic mass is 9.99. The van der Waals surface area contributed by atoms with Crippen molar-refractivity contribution in [3.63, 3.8) is 0 Å². The molecular weight excluding hydrogens is 527 g/mol. The Morgan fingerprint density at radius 2 is 2.00 bits per heavy atom. The molecule has 0 radical (unpaired) electrons. The minimum absolute atomic E-state index is 0.216. The normalized spacial score (nSPS) is 21.2. The minimum Gasteiger partial charge on any atom is -0.493 e. The van der Waals surface area contributed by atoms with Gasteiger partial charge in [-0.15, -0.1) is 0 Å². The van der Waals surface area contributed by atoms with Gasteiger partial charge in [-0.25, -0.2) is 19.0 Å². The zero-order valence-corrected chi connectivity index (χ0v) is 21.1. The molecule has 5 rings (SSSR count). The highest BCUT2D eigenvalue weighted by atomic mass is 19.1. The Bertz CT molecular complexity index is 1490. The number of nitrogens with two attached hydrogens (primary N) is 1. The number of likely N-dealkylation sites (N-methyl/N-ethyl adjacent to an activating group) is 1. The molecule has 3 heterocycles. The standard InChI is InChI=1S/C26H25FN6O7/c1-29-24(36)22-13-3-2-4-18(21(13)40-22)33-23(31-12-5-6-19-14(9-12)16(28)7-8-39-19)15(27)11-30-26(33)32-17(25(37)38)10-20(34)35/h2-6,9-11,16,22-23,31H,7-8,28H2,1H3,(H,29,36)(H,30,32)(H,34,35)(H,37,38)/b17-10+. The molecule has 2 aromatic rings. The fourth-order valence-electron chi connectivity index (χ4n) is 4.56. The number of carboxylic acid groups (broad SMARTS) is 2. The van der Waals surface area contributed by atoms with Gasteiger partial charge in [-0.2, -0.15) is 0 Å². The van der Waals surface area contributed by atoms with Gasteiger partial charge >= 0.3 is 11.9 Å². The van der Waals surface area contributed by atoms with Gasteiger partial charge < -0.3 is 41.4 Å². The summed E-state index contributed by atoms with van der Waals surface area (Å²) in [6.45, 7) is 0.478. The third kappa shape index (κ3) is 4.87. The van der Waals surface area contributed by atoms with E-state index in [0.29, 0.717) is 36.1 Å². The largest absolute Gasteiger partial charge is 0.493 e. The van der Waals surface area contributed by atoms with E-state index in [4.69, 9.17) is 20.3 Å². The van der Waals surface area contributed by atoms with Crippen LogP contribution < -0.4 is 36.1 Å². The van der Waals surface area contributed by atoms with E-state index in [0.717, 1.165) is 11.8 Å². The van der Waals surface area contributed by atoms with E-state index >= 15 is 4.39 Å². The van der Waals surface area contributed by atoms with Crippen molar-refractivity contribution in [3.8, 4) is 11.5 Å². The Morgan fingerprint density at radius 3 is 2.73 bits per heavy atom. The summed E-state index contributed by atoms with van der Waals surface area (Å²) in [5, 5.41) is 26.8. The number of hydrogen-bond donors (Lipinski definition) is 6. The first-order valence-corrected chi connectivity index (χ1v) is 12.2. The number of carbonyl (C=O) groups is 3. The number of halogens is 1. The Kier molecular flexibility index (Phi) is 7.00. The topological polar surface area (TPSA) is 188 Å². The number of ether oxygens (including phenoxy) is 2. The average Bonchev–Trinajstić information content (AvgIpc) is 2.90. The summed E-state index contributed by atoms with van der Waals surface area (Å²) >= 11 is 0. The minimum atomic E-state index is -1.58. The number of nitrogens with zero attached hydrogens (tertiary/aromatic N) is 2. The fraction of sp³-hybridized carbons (Fsp3) is 0.231. The highest BCUT2D eigenvalue weighted by Crippen LogP contribution is 2.47. The molecule has 14 heteroatoms. The van der Waals surface area contributed by atoms with Crippen molar-refractivity contribution in [2.75, 3.05) is 23.9 Å². The van der Waals surface area contributed by atoms with Crippen LogP contribution in [-0.4, -0.2) is 53.8 Å². The van der Waals surface area contributed by atoms with E-state index in [1.54, 1.807) is 36.4 Å². The molecule has 0 aliphatic carbocycles. The molecule has 3 atom stereocenters. The summed E-state index contributed by atoms with van der Waals surface area (Å²) < 4.78 is 26.9. The van der Waals surface area contributed by atoms with Gasteiger partial charge in [-0.1, -0.05) is 12.1 Å². The van der Waals surface area contributed by atoms with E-state index in [9.17, 15) is 19.5 Å². The van der Waals surface area contributed by atoms with Gasteiger partial charge in [-0.3, -0.25) is 9.69 Å². The molecular formula is C26H25FN6O7. The van der Waals surface area contributed by atoms with Gasteiger partial charge in [0.05, 0.1) is 24.6 Å². The van der Waals surface area contributed by atoms with E-state index in [1.165, 1.54) is 11.9 Å². The second-order valence-corrected chi connectivity index (χ2v) is 9.01. The number of anilines is 2. The summed E-state index contributed by atoms with van der Waals surface area (Å²) in [5.41, 5.74) is 7.47. The third-order valence-electron chi connectivity index (χ3n) is 6.49. The number of rotatable bonds is 7. The summed E-state index contributed by atoms with van der Waals surface area (Å²) in [5.74, 6) is -3.58. The molecule has 208 valence electrons. The van der Waals surface area contributed by atoms with Gasteiger partial charge in [0, 0.05) is 36.3 Å². The van der Waals surface area contributed by atoms with Gasteiger partial charge in [0.25, 0.3) is 5.91 Å². The smallest absolute Gasteiger partial charge is 0.352 e. The Balaban J connectivity index is 1.57. The fourth-order valence-corrected chi connectivity index (χ4v) is 4.56. The Morgan fingerprint density at radius 1 is 1.20 bits per heavy atom. The number of nitrogens with one attached hydrogen (secondary N) is 3. The van der Waals surface area contributed by atoms with Crippen molar-refractivity contribution in [3.05, 3.63) is 71.3 Å². The van der Waals surface area contributed by atoms with E-state index < -0.39 is 35.7 Å². The number of para-hydroxylation sites is 1. The number of benzene rings is 2. The summed E-state index contributed by atoms with van der Waals surface area (Å²) in [7, 11) is 1.46. The number of carboxylic acids is 2. The van der Waals surface area contributed by atoms with E-state index in [-0.39, 0.29) is 29.3 Å². The van der Waals surface area contributed by atoms with E-state index in [2.05, 4.69) is 20.9 Å². The van der Waals surface area contributed by atoms with Crippen LogP contribution in [0.4, 0.5) is 15.8 Å². The average molecular weight is 553 g/mol. The van der Waals surface area contributed by atoms with Crippen LogP contribution in [0.15, 0.2) is 65.2 Å². The molecule has 7 N–H and O–H groups in total. The molecule has 0 saturated heterocycles. The van der Waals surface area contributed by atoms with Crippen LogP contribution in [0.2, 0.25) is 0 Å². The van der Waals surface area contributed by atoms with Crippen molar-refractivity contribution in [1.82, 2.24) is 10.6 Å². The first-order chi connectivity index (χ1) is 19.2. The molecule has 40 heavy (non-hydrogen) atoms. The molecule has 0 fully saturated rings. The molecule has 0 bridgehead atoms. The number of fused-ring (bicyclic) bond motifs is 2. The molecule has 3 aliphatic rings. The number of guanidine groups is 1. The first kappa shape index (κ1) is 26.5. The zero-order chi connectivity index (χ0) is 28.6. The van der Waals surface area contributed by atoms with Crippen molar-refractivity contribution in [2.24, 2.45) is 10.7 Å². The summed E-state index contributed by atoms with van der Waals surface area (Å²) in [6, 6.07) is 9.70. The molecule has 0 saturated carbocycles. The zero-order valence-electron chi connectivity index (χ0n) is 21.1. The van der Waals surface area contributed by atoms with Crippen molar-refractivity contribution in [2.45, 2.75) is 24.7 Å². The summed E-state index contributed by atoms with van der Waals surface area (Å²) in [4.78, 5) is 40.5. The predicted molar refractivity (Wildman–Crippen MR) is 140 cm³/mol. The highest BCUT2D eigenvalue weighted by molar-refractivity contribution is 6.06. The number of aliphatic imine (C=N–C) groups is 1. The van der Waals surface area contributed by atoms with Crippen LogP contribution in [-0.2, 0) is 14.4 Å². The molecule has 1 amide bonds. The van der Waals surface area contributed by atoms with Gasteiger partial charge in [0.1, 0.15) is 11.4 Å². The SMILES string of the molecule is CNC(=O)C1Oc2c1cccc2N1C(N/C(=C/C(=O)O)C(=O)O)=NC=C(F)C1Nc1ccc2c(c1)C(N)CCO2. The monoisotopic (exact) mass is 552 g/mol. The summed E-state index contributed by atoms with van der Waals surface area (Å²) in [6.07, 6.45) is -0.254. The van der Waals surface area contributed by atoms with Crippen LogP contribution >= 0.6 is 0 Å². The van der Waals surface area contributed by atoms with Crippen LogP contribution in [0.5, 0.6) is 11.5 Å². The predicted octanol–water partition coefficient (Wildman–Crippen LogP) is 1.72. The molecule has 13 nitrogen and oxygen atoms in total. The van der Waals surface area contributed by atoms with Gasteiger partial charge in [0.2, 0.25) is 12.1 Å². The first-order valence-electron chi connectivity index (χ1n) is 12.2. The van der Waals surface area contributed by atoms with Crippen LogP contribution in [0.25, 0.3) is 0 Å². The third-order valence-corrected chi connectivity index (χ3v) is 6.49. The molecule has 0 aromatic heterocycles. The van der Waals surface area contributed by atoms with Crippen molar-refractivity contribution >= 4 is 35.2 Å².